The third kappa shape index (κ3) is 6.00. The number of amides is 1. The Kier molecular flexibility index (Phi) is 7.10. The van der Waals surface area contributed by atoms with Crippen LogP contribution in [0.15, 0.2) is 59.3 Å². The normalized spacial score (nSPS) is 10.5. The summed E-state index contributed by atoms with van der Waals surface area (Å²) >= 11 is 0. The number of ketones is 1. The summed E-state index contributed by atoms with van der Waals surface area (Å²) in [6, 6.07) is 13.9. The maximum Gasteiger partial charge on any atom is 0.247 e. The van der Waals surface area contributed by atoms with E-state index in [4.69, 9.17) is 9.15 Å². The van der Waals surface area contributed by atoms with Gasteiger partial charge in [0.2, 0.25) is 18.2 Å². The molecular formula is C22H23N3O4. The van der Waals surface area contributed by atoms with Crippen LogP contribution in [0.4, 0.5) is 5.69 Å². The van der Waals surface area contributed by atoms with Crippen molar-refractivity contribution in [2.75, 3.05) is 11.9 Å². The van der Waals surface area contributed by atoms with Gasteiger partial charge in [-0.05, 0) is 55.0 Å². The lowest BCUT2D eigenvalue weighted by molar-refractivity contribution is -0.116. The molecule has 150 valence electrons. The van der Waals surface area contributed by atoms with Crippen LogP contribution < -0.4 is 10.1 Å². The number of Topliss-reactive ketones (excluding diaryl/α,β-unsaturated/α-hetero) is 1. The Morgan fingerprint density at radius 3 is 2.45 bits per heavy atom. The maximum atomic E-state index is 12.3. The number of hydrogen-bond donors (Lipinski definition) is 1. The molecule has 1 amide bonds. The van der Waals surface area contributed by atoms with Gasteiger partial charge in [0.1, 0.15) is 5.75 Å². The van der Waals surface area contributed by atoms with Gasteiger partial charge in [-0.3, -0.25) is 9.59 Å². The zero-order valence-electron chi connectivity index (χ0n) is 16.3. The first kappa shape index (κ1) is 20.3. The van der Waals surface area contributed by atoms with Crippen molar-refractivity contribution < 1.29 is 18.7 Å². The highest BCUT2D eigenvalue weighted by Gasteiger charge is 2.09. The second-order valence-corrected chi connectivity index (χ2v) is 6.56. The molecule has 7 nitrogen and oxygen atoms in total. The number of benzene rings is 2. The van der Waals surface area contributed by atoms with Crippen LogP contribution in [-0.4, -0.2) is 28.5 Å². The van der Waals surface area contributed by atoms with Crippen LogP contribution in [0, 0.1) is 0 Å². The molecule has 29 heavy (non-hydrogen) atoms. The van der Waals surface area contributed by atoms with Crippen molar-refractivity contribution in [3.8, 4) is 17.2 Å². The fourth-order valence-corrected chi connectivity index (χ4v) is 2.72. The molecule has 0 aliphatic carbocycles. The molecule has 1 N–H and O–H groups in total. The molecule has 1 aromatic heterocycles. The van der Waals surface area contributed by atoms with Gasteiger partial charge in [-0.2, -0.15) is 0 Å². The smallest absolute Gasteiger partial charge is 0.247 e. The van der Waals surface area contributed by atoms with Crippen LogP contribution in [-0.2, 0) is 4.79 Å². The third-order valence-electron chi connectivity index (χ3n) is 4.33. The average Bonchev–Trinajstić information content (AvgIpc) is 3.28. The van der Waals surface area contributed by atoms with Crippen LogP contribution in [0.3, 0.4) is 0 Å². The predicted octanol–water partition coefficient (Wildman–Crippen LogP) is 4.52. The Bertz CT molecular complexity index is 920. The lowest BCUT2D eigenvalue weighted by atomic mass is 10.1. The highest BCUT2D eigenvalue weighted by atomic mass is 16.5. The minimum Gasteiger partial charge on any atom is -0.485 e. The number of anilines is 1. The van der Waals surface area contributed by atoms with Gasteiger partial charge in [0.15, 0.2) is 12.4 Å². The molecule has 0 bridgehead atoms. The van der Waals surface area contributed by atoms with Gasteiger partial charge in [-0.15, -0.1) is 10.2 Å². The second-order valence-electron chi connectivity index (χ2n) is 6.56. The summed E-state index contributed by atoms with van der Waals surface area (Å²) in [5.74, 6) is 0.833. The van der Waals surface area contributed by atoms with Crippen LogP contribution >= 0.6 is 0 Å². The first-order chi connectivity index (χ1) is 14.2. The Labute approximate surface area is 169 Å². The number of carbonyl (C=O) groups excluding carboxylic acids is 2. The maximum absolute atomic E-state index is 12.3. The number of nitrogens with one attached hydrogen (secondary N) is 1. The van der Waals surface area contributed by atoms with E-state index in [1.165, 1.54) is 6.39 Å². The molecular weight excluding hydrogens is 370 g/mol. The largest absolute Gasteiger partial charge is 0.485 e. The number of hydrogen-bond acceptors (Lipinski definition) is 6. The summed E-state index contributed by atoms with van der Waals surface area (Å²) in [6.45, 7) is 2.02. The van der Waals surface area contributed by atoms with Gasteiger partial charge >= 0.3 is 0 Å². The monoisotopic (exact) mass is 393 g/mol. The van der Waals surface area contributed by atoms with Gasteiger partial charge in [0, 0.05) is 23.2 Å². The molecule has 0 saturated carbocycles. The molecule has 0 unspecified atom stereocenters. The van der Waals surface area contributed by atoms with Crippen LogP contribution in [0.25, 0.3) is 11.5 Å². The summed E-state index contributed by atoms with van der Waals surface area (Å²) in [7, 11) is 0. The molecule has 0 aliphatic rings. The van der Waals surface area contributed by atoms with Crippen molar-refractivity contribution in [2.24, 2.45) is 0 Å². The second kappa shape index (κ2) is 10.2. The zero-order valence-corrected chi connectivity index (χ0v) is 16.3. The van der Waals surface area contributed by atoms with Crippen molar-refractivity contribution in [3.05, 3.63) is 60.5 Å². The molecule has 0 radical (unpaired) electrons. The average molecular weight is 393 g/mol. The van der Waals surface area contributed by atoms with Crippen LogP contribution in [0.1, 0.15) is 43.0 Å². The van der Waals surface area contributed by atoms with E-state index in [1.807, 2.05) is 0 Å². The Morgan fingerprint density at radius 1 is 1.03 bits per heavy atom. The van der Waals surface area contributed by atoms with E-state index >= 15 is 0 Å². The van der Waals surface area contributed by atoms with E-state index in [1.54, 1.807) is 48.5 Å². The fourth-order valence-electron chi connectivity index (χ4n) is 2.72. The molecule has 0 saturated heterocycles. The van der Waals surface area contributed by atoms with Gasteiger partial charge in [0.25, 0.3) is 0 Å². The molecule has 3 aromatic rings. The minimum absolute atomic E-state index is 0.00941. The molecule has 0 fully saturated rings. The van der Waals surface area contributed by atoms with Gasteiger partial charge in [-0.1, -0.05) is 19.8 Å². The van der Waals surface area contributed by atoms with E-state index < -0.39 is 0 Å². The van der Waals surface area contributed by atoms with Gasteiger partial charge in [0.05, 0.1) is 0 Å². The molecule has 7 heteroatoms. The molecule has 2 aromatic carbocycles. The quantitative estimate of drug-likeness (QED) is 0.402. The van der Waals surface area contributed by atoms with Gasteiger partial charge in [-0.25, -0.2) is 0 Å². The number of rotatable bonds is 10. The number of unbranched alkanes of at least 4 members (excludes halogenated alkanes) is 2. The number of carbonyl (C=O) groups is 2. The molecule has 3 rings (SSSR count). The minimum atomic E-state index is -0.146. The third-order valence-corrected chi connectivity index (χ3v) is 4.33. The highest BCUT2D eigenvalue weighted by Crippen LogP contribution is 2.20. The van der Waals surface area contributed by atoms with Crippen LogP contribution in [0.2, 0.25) is 0 Å². The van der Waals surface area contributed by atoms with E-state index in [2.05, 4.69) is 22.4 Å². The molecule has 0 atom stereocenters. The Balaban J connectivity index is 1.48. The van der Waals surface area contributed by atoms with Gasteiger partial charge < -0.3 is 14.5 Å². The summed E-state index contributed by atoms with van der Waals surface area (Å²) in [5.41, 5.74) is 1.98. The zero-order chi connectivity index (χ0) is 20.5. The first-order valence-corrected chi connectivity index (χ1v) is 9.58. The van der Waals surface area contributed by atoms with Crippen molar-refractivity contribution in [3.63, 3.8) is 0 Å². The van der Waals surface area contributed by atoms with Crippen LogP contribution in [0.5, 0.6) is 5.75 Å². The SMILES string of the molecule is CCCCCC(=O)Nc1ccc(C(=O)COc2ccc(-c3nnco3)cc2)cc1. The summed E-state index contributed by atoms with van der Waals surface area (Å²) in [5, 5.41) is 10.3. The number of ether oxygens (including phenoxy) is 1. The summed E-state index contributed by atoms with van der Waals surface area (Å²) in [4.78, 5) is 24.2. The van der Waals surface area contributed by atoms with E-state index in [0.29, 0.717) is 29.3 Å². The summed E-state index contributed by atoms with van der Waals surface area (Å²) < 4.78 is 10.7. The van der Waals surface area contributed by atoms with E-state index in [9.17, 15) is 9.59 Å². The topological polar surface area (TPSA) is 94.3 Å². The van der Waals surface area contributed by atoms with E-state index in [-0.39, 0.29) is 18.3 Å². The van der Waals surface area contributed by atoms with E-state index in [0.717, 1.165) is 24.8 Å². The standard InChI is InChI=1S/C22H23N3O4/c1-2-3-4-5-21(27)24-18-10-6-16(7-11-18)20(26)14-28-19-12-8-17(9-13-19)22-25-23-15-29-22/h6-13,15H,2-5,14H2,1H3,(H,24,27). The fraction of sp³-hybridized carbons (Fsp3) is 0.273. The van der Waals surface area contributed by atoms with Crippen molar-refractivity contribution in [1.29, 1.82) is 0 Å². The Hall–Kier alpha value is -3.48. The molecule has 1 heterocycles. The lowest BCUT2D eigenvalue weighted by Gasteiger charge is -2.08. The molecule has 0 aliphatic heterocycles. The molecule has 0 spiro atoms. The number of aromatic nitrogens is 2. The number of nitrogens with zero attached hydrogens (tertiary/aromatic N) is 2. The lowest BCUT2D eigenvalue weighted by Crippen LogP contribution is -2.13. The van der Waals surface area contributed by atoms with Crippen molar-refractivity contribution in [2.45, 2.75) is 32.6 Å². The Morgan fingerprint density at radius 2 is 1.79 bits per heavy atom. The van der Waals surface area contributed by atoms with Crippen molar-refractivity contribution in [1.82, 2.24) is 10.2 Å². The highest BCUT2D eigenvalue weighted by molar-refractivity contribution is 5.98. The summed E-state index contributed by atoms with van der Waals surface area (Å²) in [6.07, 6.45) is 4.77. The predicted molar refractivity (Wildman–Crippen MR) is 109 cm³/mol. The first-order valence-electron chi connectivity index (χ1n) is 9.58. The van der Waals surface area contributed by atoms with Crippen molar-refractivity contribution >= 4 is 17.4 Å².